The van der Waals surface area contributed by atoms with Gasteiger partial charge < -0.3 is 20.9 Å². The average Bonchev–Trinajstić information content (AvgIpc) is 2.55. The number of anilines is 2. The normalized spacial score (nSPS) is 10.3. The Morgan fingerprint density at radius 2 is 1.09 bits per heavy atom. The highest BCUT2D eigenvalue weighted by atomic mass is 16.5. The second-order valence-corrected chi connectivity index (χ2v) is 5.27. The summed E-state index contributed by atoms with van der Waals surface area (Å²) in [5.41, 5.74) is 13.8. The Kier molecular flexibility index (Phi) is 4.06. The van der Waals surface area contributed by atoms with Crippen molar-refractivity contribution in [1.29, 1.82) is 0 Å². The molecule has 0 bridgehead atoms. The van der Waals surface area contributed by atoms with Crippen LogP contribution in [0.3, 0.4) is 0 Å². The maximum atomic E-state index is 5.91. The number of hydrogen-bond acceptors (Lipinski definition) is 4. The quantitative estimate of drug-likeness (QED) is 0.683. The first-order chi connectivity index (χ1) is 11.1. The molecule has 4 nitrogen and oxygen atoms in total. The number of hydrogen-bond donors (Lipinski definition) is 2. The second kappa shape index (κ2) is 6.32. The fourth-order valence-corrected chi connectivity index (χ4v) is 2.09. The Morgan fingerprint density at radius 3 is 1.65 bits per heavy atom. The number of nitrogen functional groups attached to an aromatic ring is 2. The molecular weight excluding hydrogens is 288 g/mol. The Labute approximate surface area is 135 Å². The van der Waals surface area contributed by atoms with Gasteiger partial charge in [0.25, 0.3) is 0 Å². The largest absolute Gasteiger partial charge is 0.457 e. The van der Waals surface area contributed by atoms with E-state index in [9.17, 15) is 0 Å². The minimum Gasteiger partial charge on any atom is -0.457 e. The van der Waals surface area contributed by atoms with Crippen molar-refractivity contribution in [3.8, 4) is 23.0 Å². The van der Waals surface area contributed by atoms with Crippen molar-refractivity contribution in [2.75, 3.05) is 11.5 Å². The molecule has 0 aliphatic rings. The molecule has 0 heterocycles. The Hall–Kier alpha value is -3.14. The van der Waals surface area contributed by atoms with E-state index in [-0.39, 0.29) is 0 Å². The van der Waals surface area contributed by atoms with Crippen LogP contribution in [0.15, 0.2) is 66.7 Å². The summed E-state index contributed by atoms with van der Waals surface area (Å²) in [7, 11) is 0. The zero-order valence-electron chi connectivity index (χ0n) is 12.8. The third-order valence-corrected chi connectivity index (χ3v) is 3.38. The van der Waals surface area contributed by atoms with Crippen molar-refractivity contribution in [2.45, 2.75) is 6.92 Å². The van der Waals surface area contributed by atoms with Gasteiger partial charge in [-0.1, -0.05) is 6.07 Å². The van der Waals surface area contributed by atoms with Crippen LogP contribution in [0.2, 0.25) is 0 Å². The van der Waals surface area contributed by atoms with E-state index in [1.165, 1.54) is 0 Å². The summed E-state index contributed by atoms with van der Waals surface area (Å²) >= 11 is 0. The van der Waals surface area contributed by atoms with Gasteiger partial charge in [-0.05, 0) is 67.1 Å². The second-order valence-electron chi connectivity index (χ2n) is 5.27. The summed E-state index contributed by atoms with van der Waals surface area (Å²) in [4.78, 5) is 0. The van der Waals surface area contributed by atoms with Gasteiger partial charge in [0.15, 0.2) is 0 Å². The van der Waals surface area contributed by atoms with Gasteiger partial charge in [0.05, 0.1) is 0 Å². The number of ether oxygens (including phenoxy) is 2. The van der Waals surface area contributed by atoms with E-state index in [4.69, 9.17) is 20.9 Å². The molecule has 0 radical (unpaired) electrons. The van der Waals surface area contributed by atoms with E-state index in [1.54, 1.807) is 24.3 Å². The lowest BCUT2D eigenvalue weighted by Crippen LogP contribution is -1.91. The summed E-state index contributed by atoms with van der Waals surface area (Å²) in [5, 5.41) is 0. The summed E-state index contributed by atoms with van der Waals surface area (Å²) in [6.45, 7) is 1.99. The average molecular weight is 306 g/mol. The molecule has 3 rings (SSSR count). The SMILES string of the molecule is Cc1ccc(Oc2ccc(N)cc2)cc1Oc1ccc(N)cc1. The summed E-state index contributed by atoms with van der Waals surface area (Å²) in [5.74, 6) is 2.89. The number of aryl methyl sites for hydroxylation is 1. The molecule has 0 amide bonds. The van der Waals surface area contributed by atoms with Crippen molar-refractivity contribution >= 4 is 11.4 Å². The van der Waals surface area contributed by atoms with Crippen molar-refractivity contribution in [3.05, 3.63) is 72.3 Å². The van der Waals surface area contributed by atoms with Gasteiger partial charge >= 0.3 is 0 Å². The topological polar surface area (TPSA) is 70.5 Å². The Bertz CT molecular complexity index is 797. The van der Waals surface area contributed by atoms with Crippen molar-refractivity contribution in [2.24, 2.45) is 0 Å². The van der Waals surface area contributed by atoms with Crippen LogP contribution < -0.4 is 20.9 Å². The first-order valence-corrected chi connectivity index (χ1v) is 7.27. The van der Waals surface area contributed by atoms with Gasteiger partial charge in [-0.25, -0.2) is 0 Å². The van der Waals surface area contributed by atoms with E-state index in [0.29, 0.717) is 17.1 Å². The van der Waals surface area contributed by atoms with Crippen molar-refractivity contribution in [3.63, 3.8) is 0 Å². The smallest absolute Gasteiger partial charge is 0.134 e. The van der Waals surface area contributed by atoms with Crippen LogP contribution in [0.1, 0.15) is 5.56 Å². The highest BCUT2D eigenvalue weighted by Gasteiger charge is 2.05. The van der Waals surface area contributed by atoms with Crippen LogP contribution in [-0.4, -0.2) is 0 Å². The lowest BCUT2D eigenvalue weighted by molar-refractivity contribution is 0.458. The van der Waals surface area contributed by atoms with Crippen molar-refractivity contribution in [1.82, 2.24) is 0 Å². The number of benzene rings is 3. The third kappa shape index (κ3) is 3.74. The molecule has 0 aliphatic heterocycles. The zero-order chi connectivity index (χ0) is 16.2. The van der Waals surface area contributed by atoms with E-state index < -0.39 is 0 Å². The molecule has 0 atom stereocenters. The van der Waals surface area contributed by atoms with Crippen LogP contribution >= 0.6 is 0 Å². The lowest BCUT2D eigenvalue weighted by atomic mass is 10.2. The minimum atomic E-state index is 0.700. The highest BCUT2D eigenvalue weighted by Crippen LogP contribution is 2.31. The first-order valence-electron chi connectivity index (χ1n) is 7.27. The number of nitrogens with two attached hydrogens (primary N) is 2. The standard InChI is InChI=1S/C19H18N2O2/c1-13-2-7-18(22-16-8-3-14(20)4-9-16)12-19(13)23-17-10-5-15(21)6-11-17/h2-12H,20-21H2,1H3. The van der Waals surface area contributed by atoms with E-state index in [2.05, 4.69) is 0 Å². The summed E-state index contributed by atoms with van der Waals surface area (Å²) in [6.07, 6.45) is 0. The molecule has 0 aromatic heterocycles. The summed E-state index contributed by atoms with van der Waals surface area (Å²) in [6, 6.07) is 20.3. The van der Waals surface area contributed by atoms with E-state index in [1.807, 2.05) is 49.4 Å². The molecule has 23 heavy (non-hydrogen) atoms. The first kappa shape index (κ1) is 14.8. The van der Waals surface area contributed by atoms with Crippen LogP contribution in [0.5, 0.6) is 23.0 Å². The molecule has 4 N–H and O–H groups in total. The molecule has 3 aromatic carbocycles. The van der Waals surface area contributed by atoms with Gasteiger partial charge in [-0.2, -0.15) is 0 Å². The molecule has 4 heteroatoms. The van der Waals surface area contributed by atoms with Crippen LogP contribution in [0, 0.1) is 6.92 Å². The molecule has 0 unspecified atom stereocenters. The van der Waals surface area contributed by atoms with Crippen LogP contribution in [0.4, 0.5) is 11.4 Å². The van der Waals surface area contributed by atoms with Gasteiger partial charge in [0.1, 0.15) is 23.0 Å². The van der Waals surface area contributed by atoms with E-state index in [0.717, 1.165) is 22.8 Å². The summed E-state index contributed by atoms with van der Waals surface area (Å²) < 4.78 is 11.7. The fourth-order valence-electron chi connectivity index (χ4n) is 2.09. The lowest BCUT2D eigenvalue weighted by Gasteiger charge is -2.12. The Morgan fingerprint density at radius 1 is 0.609 bits per heavy atom. The Balaban J connectivity index is 1.81. The molecule has 0 aliphatic carbocycles. The molecule has 0 saturated carbocycles. The zero-order valence-corrected chi connectivity index (χ0v) is 12.8. The molecular formula is C19H18N2O2. The highest BCUT2D eigenvalue weighted by molar-refractivity contribution is 5.47. The van der Waals surface area contributed by atoms with Crippen LogP contribution in [0.25, 0.3) is 0 Å². The maximum Gasteiger partial charge on any atom is 0.134 e. The maximum absolute atomic E-state index is 5.91. The third-order valence-electron chi connectivity index (χ3n) is 3.38. The van der Waals surface area contributed by atoms with Gasteiger partial charge in [-0.15, -0.1) is 0 Å². The monoisotopic (exact) mass is 306 g/mol. The predicted molar refractivity (Wildman–Crippen MR) is 93.0 cm³/mol. The van der Waals surface area contributed by atoms with Crippen LogP contribution in [-0.2, 0) is 0 Å². The molecule has 3 aromatic rings. The molecule has 0 fully saturated rings. The van der Waals surface area contributed by atoms with Gasteiger partial charge in [0, 0.05) is 17.4 Å². The van der Waals surface area contributed by atoms with Gasteiger partial charge in [-0.3, -0.25) is 0 Å². The minimum absolute atomic E-state index is 0.700. The van der Waals surface area contributed by atoms with Gasteiger partial charge in [0.2, 0.25) is 0 Å². The fraction of sp³-hybridized carbons (Fsp3) is 0.0526. The molecule has 0 saturated heterocycles. The van der Waals surface area contributed by atoms with Crippen molar-refractivity contribution < 1.29 is 9.47 Å². The number of rotatable bonds is 4. The molecule has 0 spiro atoms. The predicted octanol–water partition coefficient (Wildman–Crippen LogP) is 4.74. The van der Waals surface area contributed by atoms with E-state index >= 15 is 0 Å². The molecule has 116 valence electrons.